The Morgan fingerprint density at radius 3 is 2.33 bits per heavy atom. The van der Waals surface area contributed by atoms with E-state index in [1.165, 1.54) is 25.4 Å². The Labute approximate surface area is 151 Å². The van der Waals surface area contributed by atoms with Crippen molar-refractivity contribution in [3.8, 4) is 0 Å². The van der Waals surface area contributed by atoms with Gasteiger partial charge in [0.15, 0.2) is 0 Å². The summed E-state index contributed by atoms with van der Waals surface area (Å²) in [5.41, 5.74) is -1.10. The van der Waals surface area contributed by atoms with Gasteiger partial charge in [-0.1, -0.05) is 6.07 Å². The largest absolute Gasteiger partial charge is 0.431 e. The van der Waals surface area contributed by atoms with E-state index in [9.17, 15) is 27.6 Å². The molecule has 10 heteroatoms. The summed E-state index contributed by atoms with van der Waals surface area (Å²) < 4.78 is 40.9. The number of hydrogen-bond acceptors (Lipinski definition) is 5. The van der Waals surface area contributed by atoms with Gasteiger partial charge < -0.3 is 4.90 Å². The fourth-order valence-electron chi connectivity index (χ4n) is 2.75. The van der Waals surface area contributed by atoms with Gasteiger partial charge in [0, 0.05) is 24.6 Å². The van der Waals surface area contributed by atoms with Crippen LogP contribution < -0.4 is 10.6 Å². The van der Waals surface area contributed by atoms with E-state index in [2.05, 4.69) is 4.98 Å². The Morgan fingerprint density at radius 1 is 1.11 bits per heavy atom. The maximum atomic E-state index is 13.6. The van der Waals surface area contributed by atoms with Crippen molar-refractivity contribution >= 4 is 17.8 Å². The Bertz CT molecular complexity index is 895. The maximum Gasteiger partial charge on any atom is 0.431 e. The molecule has 0 saturated carbocycles. The number of pyridine rings is 1. The standard InChI is InChI=1S/C17H13F3N4O3/c1-9-5-11(13-14(25)22-16(27)23-15(13)26)6-12(17(18,19)20)24(9)8-10-3-2-4-21-7-10/h2-7H,8H2,1H3,(H2,22,23,25,26,27). The monoisotopic (exact) mass is 378 g/mol. The van der Waals surface area contributed by atoms with E-state index < -0.39 is 35.3 Å². The maximum absolute atomic E-state index is 13.6. The SMILES string of the molecule is CC1=CC(=C2C(=O)NC(=O)NC2=O)C=C(C(F)(F)F)N1Cc1cccnc1. The molecule has 0 atom stereocenters. The lowest BCUT2D eigenvalue weighted by Gasteiger charge is -2.33. The molecule has 4 amide bonds. The van der Waals surface area contributed by atoms with E-state index in [-0.39, 0.29) is 17.8 Å². The molecule has 3 rings (SSSR count). The summed E-state index contributed by atoms with van der Waals surface area (Å²) in [6.07, 6.45) is 0.223. The van der Waals surface area contributed by atoms with Gasteiger partial charge in [-0.2, -0.15) is 13.2 Å². The number of halogens is 3. The summed E-state index contributed by atoms with van der Waals surface area (Å²) in [4.78, 5) is 39.9. The molecular formula is C17H13F3N4O3. The zero-order valence-corrected chi connectivity index (χ0v) is 13.9. The summed E-state index contributed by atoms with van der Waals surface area (Å²) in [6.45, 7) is 1.33. The summed E-state index contributed by atoms with van der Waals surface area (Å²) in [5, 5.41) is 3.69. The molecule has 0 bridgehead atoms. The zero-order chi connectivity index (χ0) is 19.8. The van der Waals surface area contributed by atoms with Gasteiger partial charge in [0.05, 0.1) is 0 Å². The summed E-state index contributed by atoms with van der Waals surface area (Å²) in [6, 6.07) is 2.22. The summed E-state index contributed by atoms with van der Waals surface area (Å²) >= 11 is 0. The van der Waals surface area contributed by atoms with Crippen LogP contribution in [0.4, 0.5) is 18.0 Å². The first-order valence-electron chi connectivity index (χ1n) is 7.71. The molecule has 27 heavy (non-hydrogen) atoms. The summed E-state index contributed by atoms with van der Waals surface area (Å²) in [5.74, 6) is -2.11. The minimum atomic E-state index is -4.74. The molecule has 1 saturated heterocycles. The van der Waals surface area contributed by atoms with E-state index in [1.807, 2.05) is 10.6 Å². The quantitative estimate of drug-likeness (QED) is 0.606. The molecule has 2 N–H and O–H groups in total. The van der Waals surface area contributed by atoms with Gasteiger partial charge in [-0.15, -0.1) is 0 Å². The van der Waals surface area contributed by atoms with E-state index in [4.69, 9.17) is 0 Å². The third kappa shape index (κ3) is 3.73. The van der Waals surface area contributed by atoms with Crippen LogP contribution in [0, 0.1) is 0 Å². The molecule has 2 aliphatic rings. The highest BCUT2D eigenvalue weighted by molar-refractivity contribution is 6.29. The van der Waals surface area contributed by atoms with Crippen LogP contribution in [-0.2, 0) is 16.1 Å². The van der Waals surface area contributed by atoms with E-state index in [1.54, 1.807) is 12.1 Å². The van der Waals surface area contributed by atoms with Gasteiger partial charge >= 0.3 is 12.2 Å². The average Bonchev–Trinajstić information content (AvgIpc) is 2.56. The van der Waals surface area contributed by atoms with Crippen molar-refractivity contribution in [3.63, 3.8) is 0 Å². The normalized spacial score (nSPS) is 18.1. The first kappa shape index (κ1) is 18.4. The molecule has 1 fully saturated rings. The molecular weight excluding hydrogens is 365 g/mol. The highest BCUT2D eigenvalue weighted by Gasteiger charge is 2.41. The first-order chi connectivity index (χ1) is 12.7. The number of imide groups is 2. The van der Waals surface area contributed by atoms with Crippen molar-refractivity contribution in [3.05, 3.63) is 64.8 Å². The number of rotatable bonds is 2. The minimum absolute atomic E-state index is 0.0962. The number of alkyl halides is 3. The lowest BCUT2D eigenvalue weighted by molar-refractivity contribution is -0.124. The van der Waals surface area contributed by atoms with Crippen LogP contribution >= 0.6 is 0 Å². The van der Waals surface area contributed by atoms with Crippen LogP contribution in [0.15, 0.2) is 59.2 Å². The number of hydrogen-bond donors (Lipinski definition) is 2. The predicted octanol–water partition coefficient (Wildman–Crippen LogP) is 1.91. The Kier molecular flexibility index (Phi) is 4.56. The third-order valence-electron chi connectivity index (χ3n) is 3.92. The second kappa shape index (κ2) is 6.71. The number of carbonyl (C=O) groups excluding carboxylic acids is 3. The van der Waals surface area contributed by atoms with Crippen LogP contribution in [0.2, 0.25) is 0 Å². The van der Waals surface area contributed by atoms with Crippen LogP contribution in [0.3, 0.4) is 0 Å². The highest BCUT2D eigenvalue weighted by atomic mass is 19.4. The number of urea groups is 1. The number of carbonyl (C=O) groups is 3. The molecule has 0 aromatic carbocycles. The van der Waals surface area contributed by atoms with Crippen molar-refractivity contribution < 1.29 is 27.6 Å². The van der Waals surface area contributed by atoms with Gasteiger partial charge in [-0.3, -0.25) is 25.2 Å². The van der Waals surface area contributed by atoms with Gasteiger partial charge in [-0.25, -0.2) is 4.79 Å². The summed E-state index contributed by atoms with van der Waals surface area (Å²) in [7, 11) is 0. The fourth-order valence-corrected chi connectivity index (χ4v) is 2.75. The lowest BCUT2D eigenvalue weighted by atomic mass is 9.99. The lowest BCUT2D eigenvalue weighted by Crippen LogP contribution is -2.52. The molecule has 3 heterocycles. The average molecular weight is 378 g/mol. The van der Waals surface area contributed by atoms with Crippen LogP contribution in [-0.4, -0.2) is 33.9 Å². The highest BCUT2D eigenvalue weighted by Crippen LogP contribution is 2.37. The molecule has 7 nitrogen and oxygen atoms in total. The van der Waals surface area contributed by atoms with Crippen LogP contribution in [0.1, 0.15) is 12.5 Å². The Balaban J connectivity index is 2.07. The molecule has 0 aliphatic carbocycles. The number of nitrogens with zero attached hydrogens (tertiary/aromatic N) is 2. The van der Waals surface area contributed by atoms with Crippen molar-refractivity contribution in [2.24, 2.45) is 0 Å². The van der Waals surface area contributed by atoms with Gasteiger partial charge in [0.2, 0.25) is 0 Å². The number of barbiturate groups is 1. The van der Waals surface area contributed by atoms with E-state index >= 15 is 0 Å². The first-order valence-corrected chi connectivity index (χ1v) is 7.71. The van der Waals surface area contributed by atoms with Crippen molar-refractivity contribution in [1.82, 2.24) is 20.5 Å². The van der Waals surface area contributed by atoms with E-state index in [0.29, 0.717) is 11.6 Å². The molecule has 0 spiro atoms. The fraction of sp³-hybridized carbons (Fsp3) is 0.176. The number of allylic oxidation sites excluding steroid dienone is 5. The second-order valence-electron chi connectivity index (χ2n) is 5.83. The smallest absolute Gasteiger partial charge is 0.337 e. The van der Waals surface area contributed by atoms with Gasteiger partial charge in [-0.05, 0) is 36.3 Å². The van der Waals surface area contributed by atoms with E-state index in [0.717, 1.165) is 4.90 Å². The number of aromatic nitrogens is 1. The molecule has 140 valence electrons. The van der Waals surface area contributed by atoms with Crippen molar-refractivity contribution in [2.75, 3.05) is 0 Å². The Hall–Kier alpha value is -3.43. The molecule has 1 aromatic heterocycles. The van der Waals surface area contributed by atoms with Gasteiger partial charge in [0.25, 0.3) is 11.8 Å². The predicted molar refractivity (Wildman–Crippen MR) is 86.4 cm³/mol. The molecule has 0 radical (unpaired) electrons. The van der Waals surface area contributed by atoms with Crippen LogP contribution in [0.5, 0.6) is 0 Å². The molecule has 1 aromatic rings. The minimum Gasteiger partial charge on any atom is -0.337 e. The Morgan fingerprint density at radius 2 is 1.78 bits per heavy atom. The third-order valence-corrected chi connectivity index (χ3v) is 3.92. The van der Waals surface area contributed by atoms with Gasteiger partial charge in [0.1, 0.15) is 11.3 Å². The van der Waals surface area contributed by atoms with Crippen molar-refractivity contribution in [1.29, 1.82) is 0 Å². The number of amides is 4. The second-order valence-corrected chi connectivity index (χ2v) is 5.83. The van der Waals surface area contributed by atoms with Crippen LogP contribution in [0.25, 0.3) is 0 Å². The number of nitrogens with one attached hydrogen (secondary N) is 2. The molecule has 0 unspecified atom stereocenters. The topological polar surface area (TPSA) is 91.4 Å². The van der Waals surface area contributed by atoms with Crippen molar-refractivity contribution in [2.45, 2.75) is 19.6 Å². The molecule has 2 aliphatic heterocycles. The zero-order valence-electron chi connectivity index (χ0n) is 13.9.